The molecule has 8 aliphatic heterocycles. The van der Waals surface area contributed by atoms with E-state index in [4.69, 9.17) is 30.4 Å². The fourth-order valence-corrected chi connectivity index (χ4v) is 22.9. The van der Waals surface area contributed by atoms with Crippen LogP contribution in [0.15, 0.2) is 256 Å². The predicted octanol–water partition coefficient (Wildman–Crippen LogP) is 33.8. The molecule has 8 heteroatoms. The number of aromatic nitrogens is 6. The zero-order valence-electron chi connectivity index (χ0n) is 104. The van der Waals surface area contributed by atoms with Crippen LogP contribution in [0.25, 0.3) is 89.8 Å². The molecule has 0 saturated heterocycles. The molecule has 6 nitrogen and oxygen atoms in total. The summed E-state index contributed by atoms with van der Waals surface area (Å²) in [6.45, 7) is 8.67. The first kappa shape index (κ1) is 79.2. The molecule has 6 aromatic heterocycles. The van der Waals surface area contributed by atoms with Gasteiger partial charge in [-0.1, -0.05) is 219 Å². The van der Waals surface area contributed by atoms with Gasteiger partial charge in [-0.15, -0.1) is 212 Å². The molecule has 8 aromatic carbocycles. The Morgan fingerprint density at radius 2 is 0.615 bits per heavy atom. The summed E-state index contributed by atoms with van der Waals surface area (Å²) in [5, 5.41) is 0. The fraction of sp³-hybridized carbons (Fsp3) is 0.422. The van der Waals surface area contributed by atoms with E-state index < -0.39 is 94.3 Å². The molecule has 0 radical (unpaired) electrons. The molecule has 5 saturated carbocycles. The van der Waals surface area contributed by atoms with Crippen molar-refractivity contribution in [2.75, 3.05) is 0 Å². The number of benzene rings is 8. The summed E-state index contributed by atoms with van der Waals surface area (Å²) in [5.41, 5.74) is 25.1. The third kappa shape index (κ3) is 28.0. The van der Waals surface area contributed by atoms with Crippen molar-refractivity contribution >= 4 is 0 Å². The van der Waals surface area contributed by atoms with E-state index in [1.165, 1.54) is 5.56 Å². The van der Waals surface area contributed by atoms with E-state index in [1.54, 1.807) is 60.9 Å². The summed E-state index contributed by atoms with van der Waals surface area (Å²) >= 11 is 0. The molecule has 11 aliphatic carbocycles. The summed E-state index contributed by atoms with van der Waals surface area (Å²) < 4.78 is 196. The van der Waals surface area contributed by atoms with E-state index in [1.807, 2.05) is 136 Å². The fourth-order valence-electron chi connectivity index (χ4n) is 22.9. The Labute approximate surface area is 914 Å². The second-order valence-corrected chi connectivity index (χ2v) is 42.8. The number of aryl methyl sites for hydroxylation is 13. The maximum atomic E-state index is 9.78. The second-order valence-electron chi connectivity index (χ2n) is 42.8. The minimum atomic E-state index is -2.45. The molecular weight excluding hydrogens is 2090 g/mol. The van der Waals surface area contributed by atoms with Gasteiger partial charge >= 0.3 is 40.2 Å². The Kier molecular flexibility index (Phi) is 27.1. The molecule has 12 atom stereocenters. The van der Waals surface area contributed by atoms with Crippen LogP contribution < -0.4 is 0 Å². The SMILES string of the molecule is [2H]C([2H])C1CC2CCc3ccc(nc3)-c3[c-]cc(cc3)CCC3CC(CC(C([2H])([2H])C([2H])([2H])c4c[c-]c(-c5cc(-c6ccc(C)cc6)c(C)cn5)cc4)C3)C([2H])([2H])Cc3c[c-]c(cc3)-c3ccc(cn3)CC([2H])([2H])C(C2)C1.[2H]C([2H])C1CC2CCc3ccc(nc3)-c3[c-]cc(cc3)CCC3CC(CC(C([2H])([2H])C([2H])([2H])c4c[c-]c(-c5cc(-c6ccc(C7([2H])CCC(C)(C)CC7)cc6)c(C)cn5)cc4)C3)C([2H])([2H])Cc3c[c-]c(cc3)-c3ccc(cn3)CC([2H])([2H])C(C2)C1.[Ir+3].[Ir+3]. The average Bonchev–Trinajstić information content (AvgIpc) is 0.748. The van der Waals surface area contributed by atoms with Crippen molar-refractivity contribution in [3.8, 4) is 89.8 Å². The predicted molar refractivity (Wildman–Crippen MR) is 583 cm³/mol. The standard InChI is InChI=1S/C71H80N3.C64H68N3.2Ir/c1-49-39-56-13-8-54-21-33-68(73-47-54)64-23-15-51(16-24-64)5-10-58-42-59(11-6-52-17-25-65(26-18-52)69-34-22-55(48-74-69)9-14-57(40-49)41-56)44-60(43-58)12-7-53-19-27-66(28-20-53)70-45-67(50(2)46-72-70)63-31-29-61(30-32-63)62-35-37-71(3,4)38-36-62;1-44-4-24-57(25-5-44)61-40-64(65-41-46(61)3)60-30-20-49(21-31-60)8-13-56-38-54-11-6-47-16-26-58(27-17-47)62-32-22-50(42-66-62)9-14-52-34-45(2)35-53(36-52)15-10-51-23-33-63(67-43-51)59-28-18-48(19-29-59)7-12-55(37-54)39-56;;/h15-23,25,27,29-34,45-49,56-60,62H,5-14,35-44H2,1-4H3;4-5,16-26,28,30,32-33,40-43,45,52-56H,6-15,34-39H2,1-3H3;;/q2*-3;2*+3/i1D2,7D2,10D2,12D2,13D2,62D;2D2,8D2,11D2,13D2,14D2;;. The number of nitrogens with zero attached hydrogens (tertiary/aromatic N) is 6. The molecule has 736 valence electrons. The Morgan fingerprint density at radius 1 is 0.315 bits per heavy atom. The van der Waals surface area contributed by atoms with Gasteiger partial charge in [0.15, 0.2) is 0 Å². The van der Waals surface area contributed by atoms with Crippen LogP contribution in [0.5, 0.6) is 0 Å². The van der Waals surface area contributed by atoms with Gasteiger partial charge in [0.1, 0.15) is 0 Å². The molecule has 0 N–H and O–H groups in total. The average molecular weight is 2260 g/mol. The van der Waals surface area contributed by atoms with Crippen LogP contribution in [0.2, 0.25) is 0 Å². The first-order valence-electron chi connectivity index (χ1n) is 63.0. The molecule has 0 spiro atoms. The molecule has 19 aliphatic rings. The Balaban J connectivity index is 0.000000209. The maximum absolute atomic E-state index is 9.78. The van der Waals surface area contributed by atoms with Crippen LogP contribution in [0.1, 0.15) is 307 Å². The van der Waals surface area contributed by atoms with Crippen molar-refractivity contribution in [2.24, 2.45) is 76.4 Å². The van der Waals surface area contributed by atoms with Crippen molar-refractivity contribution in [3.05, 3.63) is 370 Å². The third-order valence-electron chi connectivity index (χ3n) is 31.3. The van der Waals surface area contributed by atoms with E-state index in [0.717, 1.165) is 181 Å². The van der Waals surface area contributed by atoms with Crippen molar-refractivity contribution < 1.29 is 69.0 Å². The summed E-state index contributed by atoms with van der Waals surface area (Å²) in [6, 6.07) is 89.9. The smallest absolute Gasteiger partial charge is 0.304 e. The van der Waals surface area contributed by atoms with E-state index in [-0.39, 0.29) is 143 Å². The van der Waals surface area contributed by atoms with Gasteiger partial charge in [0.05, 0.1) is 0 Å². The van der Waals surface area contributed by atoms with Crippen LogP contribution in [0.4, 0.5) is 0 Å². The van der Waals surface area contributed by atoms with E-state index in [2.05, 4.69) is 135 Å². The number of pyridine rings is 6. The van der Waals surface area contributed by atoms with Crippen molar-refractivity contribution in [1.29, 1.82) is 0 Å². The molecule has 12 unspecified atom stereocenters. The first-order valence-corrected chi connectivity index (χ1v) is 52.2. The van der Waals surface area contributed by atoms with Gasteiger partial charge in [0.2, 0.25) is 0 Å². The van der Waals surface area contributed by atoms with Crippen LogP contribution in [0.3, 0.4) is 0 Å². The van der Waals surface area contributed by atoms with Gasteiger partial charge in [-0.3, -0.25) is 0 Å². The zero-order valence-corrected chi connectivity index (χ0v) is 88.3. The van der Waals surface area contributed by atoms with Crippen molar-refractivity contribution in [1.82, 2.24) is 29.9 Å². The molecule has 14 aromatic rings. The second kappa shape index (κ2) is 49.0. The van der Waals surface area contributed by atoms with Gasteiger partial charge in [0.25, 0.3) is 0 Å². The molecular formula is C135H148Ir2N6. The van der Waals surface area contributed by atoms with Crippen LogP contribution in [-0.2, 0) is 104 Å². The van der Waals surface area contributed by atoms with Crippen LogP contribution >= 0.6 is 0 Å². The number of hydrogen-bond donors (Lipinski definition) is 0. The van der Waals surface area contributed by atoms with Crippen molar-refractivity contribution in [3.63, 3.8) is 0 Å². The maximum Gasteiger partial charge on any atom is 3.00 e. The van der Waals surface area contributed by atoms with E-state index in [9.17, 15) is 23.3 Å². The van der Waals surface area contributed by atoms with Gasteiger partial charge in [-0.05, 0) is 352 Å². The Bertz CT molecular complexity index is 7390. The quantitative estimate of drug-likeness (QED) is 0.120. The van der Waals surface area contributed by atoms with Gasteiger partial charge < -0.3 is 29.9 Å². The topological polar surface area (TPSA) is 77.3 Å². The summed E-state index contributed by atoms with van der Waals surface area (Å²) in [5.74, 6) is -3.99. The summed E-state index contributed by atoms with van der Waals surface area (Å²) in [4.78, 5) is 28.6. The van der Waals surface area contributed by atoms with Gasteiger partial charge in [0, 0.05) is 66.0 Å². The first-order chi connectivity index (χ1) is 77.0. The van der Waals surface area contributed by atoms with E-state index >= 15 is 0 Å². The molecule has 14 heterocycles. The summed E-state index contributed by atoms with van der Waals surface area (Å²) in [7, 11) is 0. The molecule has 33 rings (SSSR count). The molecule has 143 heavy (non-hydrogen) atoms. The van der Waals surface area contributed by atoms with Crippen LogP contribution in [-0.4, -0.2) is 29.9 Å². The largest absolute Gasteiger partial charge is 3.00 e. The minimum Gasteiger partial charge on any atom is -0.304 e. The Hall–Kier alpha value is -10.0. The summed E-state index contributed by atoms with van der Waals surface area (Å²) in [6.07, 6.45) is 11.1. The molecule has 5 fully saturated rings. The zero-order chi connectivity index (χ0) is 114. The molecule has 0 amide bonds. The number of rotatable bonds is 11. The Morgan fingerprint density at radius 3 is 0.965 bits per heavy atom. The monoisotopic (exact) mass is 2260 g/mol. The van der Waals surface area contributed by atoms with Gasteiger partial charge in [-0.2, -0.15) is 0 Å². The normalized spacial score (nSPS) is 27.0. The third-order valence-corrected chi connectivity index (χ3v) is 31.3. The van der Waals surface area contributed by atoms with Crippen molar-refractivity contribution in [2.45, 2.75) is 285 Å². The van der Waals surface area contributed by atoms with E-state index in [0.29, 0.717) is 111 Å². The minimum absolute atomic E-state index is 0. The van der Waals surface area contributed by atoms with Gasteiger partial charge in [-0.25, -0.2) is 0 Å². The van der Waals surface area contributed by atoms with Crippen LogP contribution in [0, 0.1) is 134 Å². The number of hydrogen-bond acceptors (Lipinski definition) is 6. The molecule has 24 bridgehead atoms.